The van der Waals surface area contributed by atoms with Crippen LogP contribution in [-0.2, 0) is 59.6 Å². The third-order valence-corrected chi connectivity index (χ3v) is 4.22. The molecule has 3 atom stereocenters. The van der Waals surface area contributed by atoms with Gasteiger partial charge >= 0.3 is 45.8 Å². The summed E-state index contributed by atoms with van der Waals surface area (Å²) >= 11 is 0. The molecule has 199 valence electrons. The van der Waals surface area contributed by atoms with Crippen LogP contribution in [-0.4, -0.2) is 36.7 Å². The quantitative estimate of drug-likeness (QED) is 0.0638. The molecule has 35 heavy (non-hydrogen) atoms. The fourth-order valence-corrected chi connectivity index (χ4v) is 2.88. The smallest absolute Gasteiger partial charge is 0 e. The van der Waals surface area contributed by atoms with Crippen molar-refractivity contribution in [2.24, 2.45) is 0 Å². The molecule has 0 aromatic carbocycles. The van der Waals surface area contributed by atoms with Gasteiger partial charge in [0.15, 0.2) is 0 Å². The summed E-state index contributed by atoms with van der Waals surface area (Å²) in [5, 5.41) is 0. The topological polar surface area (TPSA) is 139 Å². The third kappa shape index (κ3) is 34.4. The molecular weight excluding hydrogens is 500 g/mol. The molecular formula is C25H36FeO9-. The van der Waals surface area contributed by atoms with Crippen LogP contribution in [0.15, 0.2) is 0 Å². The first-order valence-corrected chi connectivity index (χ1v) is 10.9. The molecule has 0 aliphatic heterocycles. The average Bonchev–Trinajstić information content (AvgIpc) is 2.82. The summed E-state index contributed by atoms with van der Waals surface area (Å²) in [5.41, 5.74) is 0. The summed E-state index contributed by atoms with van der Waals surface area (Å²) < 4.78 is 38.2. The van der Waals surface area contributed by atoms with Crippen molar-refractivity contribution in [3.05, 3.63) is 39.2 Å². The summed E-state index contributed by atoms with van der Waals surface area (Å²) in [6.07, 6.45) is 12.1. The minimum atomic E-state index is -0.517. The summed E-state index contributed by atoms with van der Waals surface area (Å²) in [6, 6.07) is 0. The minimum absolute atomic E-state index is 0. The van der Waals surface area contributed by atoms with E-state index in [1.54, 1.807) is 19.3 Å². The van der Waals surface area contributed by atoms with Crippen LogP contribution in [0.2, 0.25) is 0 Å². The van der Waals surface area contributed by atoms with E-state index in [-0.39, 0.29) is 35.2 Å². The standard InChI is InChI=1S/C22H36O6.3CO.Fe/c1-5-7-9-12-20(26-17-23)14-11-15-22(28-19(4)25)16-21(27-18(3)24)13-10-8-6-2;3*1-2;/h11,14-15,20-22H,5-10,12-13,16H2,1-4H3;;;;/q-1;;;;/t20-,21+,22-;;;;/m1..../s1. The molecule has 0 rings (SSSR count). The van der Waals surface area contributed by atoms with Crippen molar-refractivity contribution in [3.8, 4) is 0 Å². The molecule has 0 bridgehead atoms. The predicted molar refractivity (Wildman–Crippen MR) is 119 cm³/mol. The predicted octanol–water partition coefficient (Wildman–Crippen LogP) is 4.35. The van der Waals surface area contributed by atoms with Crippen molar-refractivity contribution in [2.45, 2.75) is 104 Å². The molecule has 0 aromatic rings. The van der Waals surface area contributed by atoms with Crippen molar-refractivity contribution >= 4 is 18.4 Å². The first kappa shape index (κ1) is 43.2. The molecule has 0 saturated carbocycles. The fourth-order valence-electron chi connectivity index (χ4n) is 2.88. The fraction of sp³-hybridized carbons (Fsp3) is 0.640. The van der Waals surface area contributed by atoms with Gasteiger partial charge < -0.3 is 19.0 Å². The number of hydrogen-bond acceptors (Lipinski definition) is 6. The van der Waals surface area contributed by atoms with Crippen LogP contribution in [0.5, 0.6) is 0 Å². The molecule has 0 aromatic heterocycles. The van der Waals surface area contributed by atoms with Gasteiger partial charge in [0, 0.05) is 50.2 Å². The Labute approximate surface area is 221 Å². The molecule has 3 radical (unpaired) electrons. The van der Waals surface area contributed by atoms with Crippen molar-refractivity contribution in [1.82, 2.24) is 0 Å². The van der Waals surface area contributed by atoms with Crippen molar-refractivity contribution < 1.29 is 59.6 Å². The number of rotatable bonds is 18. The second kappa shape index (κ2) is 36.7. The zero-order valence-corrected chi connectivity index (χ0v) is 22.0. The number of ether oxygens (including phenoxy) is 3. The van der Waals surface area contributed by atoms with E-state index in [1.807, 2.05) is 0 Å². The molecule has 0 aliphatic carbocycles. The van der Waals surface area contributed by atoms with Gasteiger partial charge in [-0.25, -0.2) is 0 Å². The molecule has 0 fully saturated rings. The van der Waals surface area contributed by atoms with E-state index in [9.17, 15) is 14.4 Å². The third-order valence-electron chi connectivity index (χ3n) is 4.22. The van der Waals surface area contributed by atoms with Crippen LogP contribution in [0.4, 0.5) is 0 Å². The molecule has 10 heteroatoms. The van der Waals surface area contributed by atoms with Gasteiger partial charge in [-0.15, -0.1) is 0 Å². The number of carbonyl (C=O) groups excluding carboxylic acids is 3. The van der Waals surface area contributed by atoms with Gasteiger partial charge in [0.05, 0.1) is 6.10 Å². The van der Waals surface area contributed by atoms with E-state index in [4.69, 9.17) is 28.2 Å². The summed E-state index contributed by atoms with van der Waals surface area (Å²) in [7, 11) is 0. The monoisotopic (exact) mass is 536 g/mol. The molecule has 9 nitrogen and oxygen atoms in total. The van der Waals surface area contributed by atoms with Gasteiger partial charge in [-0.05, 0) is 32.1 Å². The molecule has 0 heterocycles. The van der Waals surface area contributed by atoms with Crippen molar-refractivity contribution in [3.63, 3.8) is 0 Å². The van der Waals surface area contributed by atoms with E-state index in [0.717, 1.165) is 51.4 Å². The van der Waals surface area contributed by atoms with Gasteiger partial charge in [0.2, 0.25) is 0 Å². The molecule has 0 saturated heterocycles. The van der Waals surface area contributed by atoms with E-state index >= 15 is 0 Å². The second-order valence-corrected chi connectivity index (χ2v) is 6.92. The molecule has 0 aliphatic rings. The Morgan fingerprint density at radius 3 is 1.69 bits per heavy atom. The van der Waals surface area contributed by atoms with Gasteiger partial charge in [-0.1, -0.05) is 46.0 Å². The minimum Gasteiger partial charge on any atom is 0 e. The van der Waals surface area contributed by atoms with Gasteiger partial charge in [0.25, 0.3) is 0 Å². The SMILES string of the molecule is CCCCC[C@@H](C[C@@H]([CH][CH][CH][C@@H](CCCCC)O[C-]=O)OC(C)=O)OC(C)=O.[C-]#[O+].[C-]#[O+].[C-]#[O+].[Fe]. The van der Waals surface area contributed by atoms with Gasteiger partial charge in [-0.3, -0.25) is 9.59 Å². The maximum absolute atomic E-state index is 11.4. The molecule has 0 amide bonds. The van der Waals surface area contributed by atoms with Gasteiger partial charge in [-0.2, -0.15) is 0 Å². The molecule has 0 unspecified atom stereocenters. The Morgan fingerprint density at radius 2 is 1.26 bits per heavy atom. The van der Waals surface area contributed by atoms with Crippen LogP contribution in [0.1, 0.15) is 85.5 Å². The second-order valence-electron chi connectivity index (χ2n) is 6.92. The van der Waals surface area contributed by atoms with Crippen LogP contribution in [0.25, 0.3) is 0 Å². The Kier molecular flexibility index (Phi) is 45.4. The van der Waals surface area contributed by atoms with Crippen LogP contribution < -0.4 is 0 Å². The Morgan fingerprint density at radius 1 is 0.800 bits per heavy atom. The largest absolute Gasteiger partial charge is 0 e. The zero-order valence-electron chi connectivity index (χ0n) is 20.9. The van der Waals surface area contributed by atoms with E-state index < -0.39 is 12.1 Å². The maximum atomic E-state index is 11.4. The number of unbranched alkanes of at least 4 members (excludes halogenated alkanes) is 4. The first-order valence-electron chi connectivity index (χ1n) is 10.9. The normalized spacial score (nSPS) is 11.4. The van der Waals surface area contributed by atoms with Crippen LogP contribution in [0, 0.1) is 39.2 Å². The zero-order chi connectivity index (χ0) is 27.2. The number of carbonyl (C=O) groups is 2. The molecule has 0 N–H and O–H groups in total. The van der Waals surface area contributed by atoms with E-state index in [0.29, 0.717) is 6.42 Å². The summed E-state index contributed by atoms with van der Waals surface area (Å²) in [6.45, 7) is 21.9. The summed E-state index contributed by atoms with van der Waals surface area (Å²) in [4.78, 5) is 33.4. The number of esters is 2. The Bertz CT molecular complexity index is 533. The Balaban J connectivity index is -0.000000395. The molecule has 0 spiro atoms. The van der Waals surface area contributed by atoms with Gasteiger partial charge in [0.1, 0.15) is 12.2 Å². The van der Waals surface area contributed by atoms with Crippen molar-refractivity contribution in [2.75, 3.05) is 0 Å². The average molecular weight is 536 g/mol. The van der Waals surface area contributed by atoms with Crippen LogP contribution >= 0.6 is 0 Å². The maximum Gasteiger partial charge on any atom is 0 e. The summed E-state index contributed by atoms with van der Waals surface area (Å²) in [5.74, 6) is -0.744. The van der Waals surface area contributed by atoms with Crippen LogP contribution in [0.3, 0.4) is 0 Å². The first-order chi connectivity index (χ1) is 16.4. The van der Waals surface area contributed by atoms with E-state index in [1.165, 1.54) is 20.3 Å². The Hall–Kier alpha value is -1.85. The van der Waals surface area contributed by atoms with Crippen molar-refractivity contribution in [1.29, 1.82) is 0 Å². The van der Waals surface area contributed by atoms with E-state index in [2.05, 4.69) is 33.8 Å². The number of hydrogen-bond donors (Lipinski definition) is 0.